The van der Waals surface area contributed by atoms with E-state index in [1.165, 1.54) is 19.3 Å². The Morgan fingerprint density at radius 2 is 1.75 bits per heavy atom. The van der Waals surface area contributed by atoms with Crippen LogP contribution in [0, 0.1) is 17.3 Å². The summed E-state index contributed by atoms with van der Waals surface area (Å²) < 4.78 is 0. The molecule has 0 spiro atoms. The molecule has 0 saturated heterocycles. The molecule has 0 aromatic heterocycles. The summed E-state index contributed by atoms with van der Waals surface area (Å²) in [7, 11) is 0. The summed E-state index contributed by atoms with van der Waals surface area (Å²) in [5.41, 5.74) is 6.76. The molecule has 2 unspecified atom stereocenters. The molecule has 1 saturated carbocycles. The summed E-state index contributed by atoms with van der Waals surface area (Å²) in [5, 5.41) is 0. The summed E-state index contributed by atoms with van der Waals surface area (Å²) in [6.07, 6.45) is 3.82. The molecule has 1 fully saturated rings. The van der Waals surface area contributed by atoms with Crippen LogP contribution in [0.25, 0.3) is 0 Å². The van der Waals surface area contributed by atoms with Gasteiger partial charge in [-0.25, -0.2) is 0 Å². The fourth-order valence-corrected chi connectivity index (χ4v) is 2.33. The van der Waals surface area contributed by atoms with Crippen molar-refractivity contribution < 1.29 is 0 Å². The Labute approximate surface area is 76.7 Å². The van der Waals surface area contributed by atoms with Crippen LogP contribution in [0.2, 0.25) is 0 Å². The van der Waals surface area contributed by atoms with Crippen LogP contribution in [-0.2, 0) is 0 Å². The van der Waals surface area contributed by atoms with E-state index in [0.717, 1.165) is 11.8 Å². The predicted octanol–water partition coefficient (Wildman–Crippen LogP) is 2.80. The molecule has 0 bridgehead atoms. The third-order valence-electron chi connectivity index (χ3n) is 3.65. The zero-order valence-corrected chi connectivity index (χ0v) is 8.93. The maximum absolute atomic E-state index is 6.22. The monoisotopic (exact) mass is 169 g/mol. The Morgan fingerprint density at radius 1 is 1.33 bits per heavy atom. The van der Waals surface area contributed by atoms with Crippen molar-refractivity contribution in [1.29, 1.82) is 0 Å². The lowest BCUT2D eigenvalue weighted by Gasteiger charge is -2.22. The molecule has 0 heterocycles. The van der Waals surface area contributed by atoms with Crippen molar-refractivity contribution in [2.24, 2.45) is 23.0 Å². The van der Waals surface area contributed by atoms with Gasteiger partial charge in [0.1, 0.15) is 0 Å². The molecule has 0 aliphatic heterocycles. The SMILES string of the molecule is CCC(CC)C(N)C1CC1(C)C. The first-order valence-corrected chi connectivity index (χ1v) is 5.28. The minimum Gasteiger partial charge on any atom is -0.327 e. The number of nitrogens with two attached hydrogens (primary N) is 1. The van der Waals surface area contributed by atoms with Crippen molar-refractivity contribution in [2.45, 2.75) is 53.0 Å². The topological polar surface area (TPSA) is 26.0 Å². The second-order valence-electron chi connectivity index (χ2n) is 4.95. The smallest absolute Gasteiger partial charge is 0.0101 e. The second kappa shape index (κ2) is 3.37. The molecule has 0 aromatic carbocycles. The van der Waals surface area contributed by atoms with Gasteiger partial charge in [0.25, 0.3) is 0 Å². The molecule has 1 nitrogen and oxygen atoms in total. The van der Waals surface area contributed by atoms with E-state index in [9.17, 15) is 0 Å². The highest BCUT2D eigenvalue weighted by Gasteiger charge is 2.50. The lowest BCUT2D eigenvalue weighted by molar-refractivity contribution is 0.333. The van der Waals surface area contributed by atoms with Gasteiger partial charge in [-0.05, 0) is 23.7 Å². The molecule has 0 aromatic rings. The molecule has 1 heteroatoms. The van der Waals surface area contributed by atoms with Gasteiger partial charge < -0.3 is 5.73 Å². The third kappa shape index (κ3) is 1.82. The van der Waals surface area contributed by atoms with Crippen LogP contribution in [0.5, 0.6) is 0 Å². The average molecular weight is 169 g/mol. The summed E-state index contributed by atoms with van der Waals surface area (Å²) in [6, 6.07) is 0.454. The number of hydrogen-bond acceptors (Lipinski definition) is 1. The largest absolute Gasteiger partial charge is 0.327 e. The van der Waals surface area contributed by atoms with Gasteiger partial charge in [0.15, 0.2) is 0 Å². The van der Waals surface area contributed by atoms with E-state index in [1.54, 1.807) is 0 Å². The lowest BCUT2D eigenvalue weighted by Crippen LogP contribution is -2.33. The lowest BCUT2D eigenvalue weighted by atomic mass is 9.89. The van der Waals surface area contributed by atoms with Crippen molar-refractivity contribution in [2.75, 3.05) is 0 Å². The molecule has 2 atom stereocenters. The molecule has 0 amide bonds. The maximum atomic E-state index is 6.22. The maximum Gasteiger partial charge on any atom is 0.0101 e. The van der Waals surface area contributed by atoms with E-state index >= 15 is 0 Å². The van der Waals surface area contributed by atoms with Gasteiger partial charge in [-0.2, -0.15) is 0 Å². The summed E-state index contributed by atoms with van der Waals surface area (Å²) in [6.45, 7) is 9.17. The zero-order chi connectivity index (χ0) is 9.35. The third-order valence-corrected chi connectivity index (χ3v) is 3.65. The first-order valence-electron chi connectivity index (χ1n) is 5.28. The van der Waals surface area contributed by atoms with Crippen molar-refractivity contribution in [3.05, 3.63) is 0 Å². The summed E-state index contributed by atoms with van der Waals surface area (Å²) in [5.74, 6) is 1.54. The van der Waals surface area contributed by atoms with Crippen LogP contribution >= 0.6 is 0 Å². The summed E-state index contributed by atoms with van der Waals surface area (Å²) in [4.78, 5) is 0. The highest BCUT2D eigenvalue weighted by molar-refractivity contribution is 5.02. The molecule has 12 heavy (non-hydrogen) atoms. The van der Waals surface area contributed by atoms with Crippen LogP contribution in [0.1, 0.15) is 47.0 Å². The van der Waals surface area contributed by atoms with Gasteiger partial charge in [-0.3, -0.25) is 0 Å². The van der Waals surface area contributed by atoms with E-state index in [0.29, 0.717) is 11.5 Å². The van der Waals surface area contributed by atoms with Gasteiger partial charge in [0, 0.05) is 6.04 Å². The zero-order valence-electron chi connectivity index (χ0n) is 8.93. The molecule has 2 N–H and O–H groups in total. The summed E-state index contributed by atoms with van der Waals surface area (Å²) >= 11 is 0. The number of rotatable bonds is 4. The average Bonchev–Trinajstić information content (AvgIpc) is 2.62. The Kier molecular flexibility index (Phi) is 2.82. The highest BCUT2D eigenvalue weighted by Crippen LogP contribution is 2.54. The minimum atomic E-state index is 0.454. The van der Waals surface area contributed by atoms with Crippen LogP contribution in [0.4, 0.5) is 0 Å². The van der Waals surface area contributed by atoms with Crippen LogP contribution < -0.4 is 5.73 Å². The van der Waals surface area contributed by atoms with E-state index in [2.05, 4.69) is 27.7 Å². The second-order valence-corrected chi connectivity index (χ2v) is 4.95. The van der Waals surface area contributed by atoms with Crippen molar-refractivity contribution in [3.63, 3.8) is 0 Å². The Balaban J connectivity index is 2.43. The molecule has 1 rings (SSSR count). The van der Waals surface area contributed by atoms with E-state index < -0.39 is 0 Å². The van der Waals surface area contributed by atoms with Gasteiger partial charge in [0.2, 0.25) is 0 Å². The van der Waals surface area contributed by atoms with Crippen LogP contribution in [0.15, 0.2) is 0 Å². The van der Waals surface area contributed by atoms with E-state index in [1.807, 2.05) is 0 Å². The standard InChI is InChI=1S/C11H23N/c1-5-8(6-2)10(12)9-7-11(9,3)4/h8-10H,5-7,12H2,1-4H3. The first kappa shape index (κ1) is 10.0. The van der Waals surface area contributed by atoms with Crippen molar-refractivity contribution in [1.82, 2.24) is 0 Å². The van der Waals surface area contributed by atoms with Crippen molar-refractivity contribution in [3.8, 4) is 0 Å². The van der Waals surface area contributed by atoms with E-state index in [4.69, 9.17) is 5.73 Å². The van der Waals surface area contributed by atoms with Crippen LogP contribution in [0.3, 0.4) is 0 Å². The predicted molar refractivity (Wildman–Crippen MR) is 53.9 cm³/mol. The van der Waals surface area contributed by atoms with Crippen LogP contribution in [-0.4, -0.2) is 6.04 Å². The first-order chi connectivity index (χ1) is 5.53. The fourth-order valence-electron chi connectivity index (χ4n) is 2.33. The van der Waals surface area contributed by atoms with Gasteiger partial charge in [0.05, 0.1) is 0 Å². The Hall–Kier alpha value is -0.0400. The Bertz CT molecular complexity index is 145. The minimum absolute atomic E-state index is 0.454. The Morgan fingerprint density at radius 3 is 2.00 bits per heavy atom. The van der Waals surface area contributed by atoms with Gasteiger partial charge >= 0.3 is 0 Å². The normalized spacial score (nSPS) is 29.0. The highest BCUT2D eigenvalue weighted by atomic mass is 14.7. The van der Waals surface area contributed by atoms with Crippen molar-refractivity contribution >= 4 is 0 Å². The van der Waals surface area contributed by atoms with Gasteiger partial charge in [-0.15, -0.1) is 0 Å². The quantitative estimate of drug-likeness (QED) is 0.688. The molecule has 1 aliphatic carbocycles. The molecule has 0 radical (unpaired) electrons. The molecule has 72 valence electrons. The molecular formula is C11H23N. The fraction of sp³-hybridized carbons (Fsp3) is 1.00. The van der Waals surface area contributed by atoms with E-state index in [-0.39, 0.29) is 0 Å². The molecule has 1 aliphatic rings. The van der Waals surface area contributed by atoms with Gasteiger partial charge in [-0.1, -0.05) is 40.5 Å². The molecular weight excluding hydrogens is 146 g/mol. The number of hydrogen-bond donors (Lipinski definition) is 1.